The summed E-state index contributed by atoms with van der Waals surface area (Å²) in [7, 11) is 0. The minimum absolute atomic E-state index is 0.141. The monoisotopic (exact) mass is 262 g/mol. The highest BCUT2D eigenvalue weighted by Crippen LogP contribution is 2.22. The Kier molecular flexibility index (Phi) is 3.48. The number of benzene rings is 2. The van der Waals surface area contributed by atoms with Crippen LogP contribution in [-0.4, -0.2) is 5.78 Å². The van der Waals surface area contributed by atoms with Crippen LogP contribution in [0.25, 0.3) is 0 Å². The second kappa shape index (κ2) is 4.91. The van der Waals surface area contributed by atoms with Gasteiger partial charge in [0.1, 0.15) is 5.82 Å². The van der Waals surface area contributed by atoms with Crippen LogP contribution in [0.1, 0.15) is 27.0 Å². The maximum atomic E-state index is 13.2. The molecule has 0 fully saturated rings. The van der Waals surface area contributed by atoms with Gasteiger partial charge in [-0.2, -0.15) is 0 Å². The van der Waals surface area contributed by atoms with Crippen molar-refractivity contribution < 1.29 is 9.18 Å². The largest absolute Gasteiger partial charge is 0.289 e. The third-order valence-electron chi connectivity index (χ3n) is 2.93. The van der Waals surface area contributed by atoms with Gasteiger partial charge in [-0.15, -0.1) is 0 Å². The molecule has 2 aromatic carbocycles. The lowest BCUT2D eigenvalue weighted by Gasteiger charge is -2.07. The van der Waals surface area contributed by atoms with Gasteiger partial charge in [-0.25, -0.2) is 4.39 Å². The number of halogens is 2. The molecular formula is C15H12ClFO. The van der Waals surface area contributed by atoms with E-state index >= 15 is 0 Å². The van der Waals surface area contributed by atoms with Crippen LogP contribution in [0.4, 0.5) is 4.39 Å². The second-order valence-corrected chi connectivity index (χ2v) is 4.61. The van der Waals surface area contributed by atoms with Crippen LogP contribution in [0.15, 0.2) is 36.4 Å². The molecule has 0 aliphatic heterocycles. The van der Waals surface area contributed by atoms with Gasteiger partial charge in [0.2, 0.25) is 0 Å². The Hall–Kier alpha value is -1.67. The van der Waals surface area contributed by atoms with Gasteiger partial charge in [0, 0.05) is 16.1 Å². The lowest BCUT2D eigenvalue weighted by atomic mass is 9.98. The van der Waals surface area contributed by atoms with Crippen LogP contribution in [0.2, 0.25) is 5.02 Å². The van der Waals surface area contributed by atoms with Crippen LogP contribution < -0.4 is 0 Å². The molecule has 0 saturated heterocycles. The molecule has 0 radical (unpaired) electrons. The third kappa shape index (κ3) is 2.29. The number of ketones is 1. The number of hydrogen-bond acceptors (Lipinski definition) is 1. The summed E-state index contributed by atoms with van der Waals surface area (Å²) >= 11 is 5.99. The van der Waals surface area contributed by atoms with Gasteiger partial charge in [-0.3, -0.25) is 4.79 Å². The Morgan fingerprint density at radius 2 is 1.89 bits per heavy atom. The minimum atomic E-state index is -0.311. The van der Waals surface area contributed by atoms with Gasteiger partial charge in [0.05, 0.1) is 0 Å². The lowest BCUT2D eigenvalue weighted by Crippen LogP contribution is -2.04. The summed E-state index contributed by atoms with van der Waals surface area (Å²) in [5.74, 6) is -0.451. The molecule has 0 aliphatic carbocycles. The van der Waals surface area contributed by atoms with E-state index in [1.54, 1.807) is 38.1 Å². The number of carbonyl (C=O) groups is 1. The van der Waals surface area contributed by atoms with E-state index in [-0.39, 0.29) is 11.6 Å². The first kappa shape index (κ1) is 12.8. The molecule has 0 N–H and O–H groups in total. The first-order valence-corrected chi connectivity index (χ1v) is 5.94. The second-order valence-electron chi connectivity index (χ2n) is 4.21. The first-order valence-electron chi connectivity index (χ1n) is 5.56. The van der Waals surface area contributed by atoms with Crippen LogP contribution in [0, 0.1) is 19.7 Å². The average Bonchev–Trinajstić information content (AvgIpc) is 2.35. The SMILES string of the molecule is Cc1cc(C(=O)c2cccc(Cl)c2C)ccc1F. The van der Waals surface area contributed by atoms with Crippen molar-refractivity contribution in [2.75, 3.05) is 0 Å². The van der Waals surface area contributed by atoms with Gasteiger partial charge < -0.3 is 0 Å². The average molecular weight is 263 g/mol. The molecule has 0 saturated carbocycles. The Bertz CT molecular complexity index is 620. The van der Waals surface area contributed by atoms with E-state index in [1.807, 2.05) is 0 Å². The van der Waals surface area contributed by atoms with Crippen molar-refractivity contribution in [1.29, 1.82) is 0 Å². The Morgan fingerprint density at radius 3 is 2.56 bits per heavy atom. The summed E-state index contributed by atoms with van der Waals surface area (Å²) in [4.78, 5) is 12.3. The molecule has 0 bridgehead atoms. The van der Waals surface area contributed by atoms with E-state index in [4.69, 9.17) is 11.6 Å². The van der Waals surface area contributed by atoms with Crippen LogP contribution >= 0.6 is 11.6 Å². The van der Waals surface area contributed by atoms with E-state index in [1.165, 1.54) is 12.1 Å². The van der Waals surface area contributed by atoms with E-state index in [9.17, 15) is 9.18 Å². The molecule has 2 rings (SSSR count). The number of rotatable bonds is 2. The molecule has 0 aliphatic rings. The fourth-order valence-corrected chi connectivity index (χ4v) is 1.97. The highest BCUT2D eigenvalue weighted by atomic mass is 35.5. The van der Waals surface area contributed by atoms with Crippen molar-refractivity contribution >= 4 is 17.4 Å². The summed E-state index contributed by atoms with van der Waals surface area (Å²) in [6.45, 7) is 3.43. The highest BCUT2D eigenvalue weighted by molar-refractivity contribution is 6.32. The van der Waals surface area contributed by atoms with Gasteiger partial charge in [-0.05, 0) is 49.2 Å². The highest BCUT2D eigenvalue weighted by Gasteiger charge is 2.14. The molecule has 1 nitrogen and oxygen atoms in total. The number of aryl methyl sites for hydroxylation is 1. The fourth-order valence-electron chi connectivity index (χ4n) is 1.79. The maximum absolute atomic E-state index is 13.2. The van der Waals surface area contributed by atoms with Crippen molar-refractivity contribution in [3.63, 3.8) is 0 Å². The molecule has 0 spiro atoms. The summed E-state index contributed by atoms with van der Waals surface area (Å²) in [6.07, 6.45) is 0. The van der Waals surface area contributed by atoms with Crippen molar-refractivity contribution in [2.24, 2.45) is 0 Å². The van der Waals surface area contributed by atoms with E-state index < -0.39 is 0 Å². The van der Waals surface area contributed by atoms with E-state index in [0.29, 0.717) is 21.7 Å². The summed E-state index contributed by atoms with van der Waals surface area (Å²) in [5.41, 5.74) is 2.22. The van der Waals surface area contributed by atoms with Crippen LogP contribution in [-0.2, 0) is 0 Å². The quantitative estimate of drug-likeness (QED) is 0.737. The normalized spacial score (nSPS) is 10.4. The smallest absolute Gasteiger partial charge is 0.193 e. The van der Waals surface area contributed by atoms with Crippen molar-refractivity contribution in [1.82, 2.24) is 0 Å². The van der Waals surface area contributed by atoms with Gasteiger partial charge in [-0.1, -0.05) is 23.7 Å². The molecular weight excluding hydrogens is 251 g/mol. The van der Waals surface area contributed by atoms with Crippen molar-refractivity contribution in [3.05, 3.63) is 69.5 Å². The lowest BCUT2D eigenvalue weighted by molar-refractivity contribution is 0.103. The van der Waals surface area contributed by atoms with Crippen LogP contribution in [0.5, 0.6) is 0 Å². The summed E-state index contributed by atoms with van der Waals surface area (Å²) in [5, 5.41) is 0.555. The van der Waals surface area contributed by atoms with Gasteiger partial charge in [0.15, 0.2) is 5.78 Å². The van der Waals surface area contributed by atoms with Crippen LogP contribution in [0.3, 0.4) is 0 Å². The molecule has 3 heteroatoms. The zero-order valence-corrected chi connectivity index (χ0v) is 10.9. The first-order chi connectivity index (χ1) is 8.50. The van der Waals surface area contributed by atoms with Crippen molar-refractivity contribution in [3.8, 4) is 0 Å². The standard InChI is InChI=1S/C15H12ClFO/c1-9-8-11(6-7-14(9)17)15(18)12-4-3-5-13(16)10(12)2/h3-8H,1-2H3. The Morgan fingerprint density at radius 1 is 1.17 bits per heavy atom. The molecule has 2 aromatic rings. The topological polar surface area (TPSA) is 17.1 Å². The predicted octanol–water partition coefficient (Wildman–Crippen LogP) is 4.33. The number of hydrogen-bond donors (Lipinski definition) is 0. The minimum Gasteiger partial charge on any atom is -0.289 e. The third-order valence-corrected chi connectivity index (χ3v) is 3.34. The zero-order valence-electron chi connectivity index (χ0n) is 10.1. The molecule has 0 unspecified atom stereocenters. The van der Waals surface area contributed by atoms with Crippen molar-refractivity contribution in [2.45, 2.75) is 13.8 Å². The summed E-state index contributed by atoms with van der Waals surface area (Å²) in [6, 6.07) is 9.55. The summed E-state index contributed by atoms with van der Waals surface area (Å²) < 4.78 is 13.2. The Labute approximate surface area is 110 Å². The predicted molar refractivity (Wildman–Crippen MR) is 70.8 cm³/mol. The zero-order chi connectivity index (χ0) is 13.3. The molecule has 0 atom stereocenters. The maximum Gasteiger partial charge on any atom is 0.193 e. The van der Waals surface area contributed by atoms with Gasteiger partial charge in [0.25, 0.3) is 0 Å². The van der Waals surface area contributed by atoms with E-state index in [2.05, 4.69) is 0 Å². The molecule has 0 aromatic heterocycles. The fraction of sp³-hybridized carbons (Fsp3) is 0.133. The number of carbonyl (C=O) groups excluding carboxylic acids is 1. The van der Waals surface area contributed by atoms with Gasteiger partial charge >= 0.3 is 0 Å². The molecule has 0 heterocycles. The molecule has 18 heavy (non-hydrogen) atoms. The Balaban J connectivity index is 2.48. The molecule has 0 amide bonds. The molecule has 92 valence electrons. The van der Waals surface area contributed by atoms with E-state index in [0.717, 1.165) is 5.56 Å².